The standard InChI is InChI=1S/C22H35N3O3/c26-20(3-2-17-6-11-28-13-17)25-15-22(16-25)7-1-8-24(14-22)21(27)19-12-23-9-4-18(19)5-10-23/h17-19H,1-16H2. The summed E-state index contributed by atoms with van der Waals surface area (Å²) in [5.74, 6) is 2.11. The van der Waals surface area contributed by atoms with Gasteiger partial charge in [-0.05, 0) is 63.5 Å². The van der Waals surface area contributed by atoms with E-state index in [9.17, 15) is 9.59 Å². The van der Waals surface area contributed by atoms with Crippen molar-refractivity contribution in [2.45, 2.75) is 44.9 Å². The molecule has 0 saturated carbocycles. The maximum atomic E-state index is 13.2. The van der Waals surface area contributed by atoms with Crippen LogP contribution in [0.25, 0.3) is 0 Å². The molecule has 2 amide bonds. The fourth-order valence-corrected chi connectivity index (χ4v) is 6.37. The first-order valence-corrected chi connectivity index (χ1v) is 11.5. The van der Waals surface area contributed by atoms with Gasteiger partial charge < -0.3 is 19.4 Å². The van der Waals surface area contributed by atoms with Crippen molar-refractivity contribution in [2.75, 3.05) is 59.0 Å². The summed E-state index contributed by atoms with van der Waals surface area (Å²) in [6, 6.07) is 0. The molecular formula is C22H35N3O3. The minimum Gasteiger partial charge on any atom is -0.381 e. The van der Waals surface area contributed by atoms with E-state index in [-0.39, 0.29) is 11.3 Å². The van der Waals surface area contributed by atoms with Crippen LogP contribution in [0.1, 0.15) is 44.9 Å². The maximum Gasteiger partial charge on any atom is 0.227 e. The fourth-order valence-electron chi connectivity index (χ4n) is 6.37. The summed E-state index contributed by atoms with van der Waals surface area (Å²) >= 11 is 0. The first-order valence-electron chi connectivity index (χ1n) is 11.5. The molecule has 6 aliphatic rings. The lowest BCUT2D eigenvalue weighted by molar-refractivity contribution is -0.156. The van der Waals surface area contributed by atoms with E-state index in [4.69, 9.17) is 4.74 Å². The second kappa shape index (κ2) is 7.60. The Balaban J connectivity index is 1.12. The van der Waals surface area contributed by atoms with Crippen molar-refractivity contribution < 1.29 is 14.3 Å². The van der Waals surface area contributed by atoms with Crippen molar-refractivity contribution in [3.05, 3.63) is 0 Å². The van der Waals surface area contributed by atoms with Gasteiger partial charge in [0, 0.05) is 57.8 Å². The summed E-state index contributed by atoms with van der Waals surface area (Å²) < 4.78 is 5.42. The Kier molecular flexibility index (Phi) is 5.12. The van der Waals surface area contributed by atoms with Crippen LogP contribution in [0.15, 0.2) is 0 Å². The number of piperidine rings is 4. The van der Waals surface area contributed by atoms with Crippen molar-refractivity contribution in [3.63, 3.8) is 0 Å². The highest BCUT2D eigenvalue weighted by atomic mass is 16.5. The van der Waals surface area contributed by atoms with Crippen LogP contribution in [-0.4, -0.2) is 85.5 Å². The number of rotatable bonds is 4. The molecule has 6 aliphatic heterocycles. The molecule has 0 aromatic carbocycles. The molecule has 6 rings (SSSR count). The highest BCUT2D eigenvalue weighted by Crippen LogP contribution is 2.41. The summed E-state index contributed by atoms with van der Waals surface area (Å²) in [5, 5.41) is 0. The minimum absolute atomic E-state index is 0.175. The Bertz CT molecular complexity index is 604. The normalized spacial score (nSPS) is 36.6. The molecule has 0 aromatic rings. The zero-order valence-electron chi connectivity index (χ0n) is 17.1. The molecule has 156 valence electrons. The van der Waals surface area contributed by atoms with Crippen LogP contribution >= 0.6 is 0 Å². The SMILES string of the molecule is O=C(CCC1CCOC1)N1CC2(CCCN(C(=O)C3CN4CCC3CC4)C2)C1. The molecule has 2 unspecified atom stereocenters. The highest BCUT2D eigenvalue weighted by molar-refractivity contribution is 5.80. The van der Waals surface area contributed by atoms with Crippen molar-refractivity contribution >= 4 is 11.8 Å². The van der Waals surface area contributed by atoms with E-state index in [0.29, 0.717) is 30.1 Å². The zero-order chi connectivity index (χ0) is 19.1. The van der Waals surface area contributed by atoms with E-state index in [1.807, 2.05) is 4.90 Å². The number of nitrogens with zero attached hydrogens (tertiary/aromatic N) is 3. The third kappa shape index (κ3) is 3.58. The van der Waals surface area contributed by atoms with Gasteiger partial charge >= 0.3 is 0 Å². The lowest BCUT2D eigenvalue weighted by Gasteiger charge is -2.55. The molecule has 0 radical (unpaired) electrons. The molecule has 6 nitrogen and oxygen atoms in total. The molecule has 6 heterocycles. The summed E-state index contributed by atoms with van der Waals surface area (Å²) in [6.45, 7) is 8.53. The molecule has 1 spiro atoms. The van der Waals surface area contributed by atoms with Crippen LogP contribution in [0.5, 0.6) is 0 Å². The average molecular weight is 390 g/mol. The lowest BCUT2D eigenvalue weighted by atomic mass is 9.72. The fraction of sp³-hybridized carbons (Fsp3) is 0.909. The van der Waals surface area contributed by atoms with Gasteiger partial charge in [0.25, 0.3) is 0 Å². The zero-order valence-corrected chi connectivity index (χ0v) is 17.1. The molecule has 2 atom stereocenters. The summed E-state index contributed by atoms with van der Waals surface area (Å²) in [5.41, 5.74) is 0.175. The Morgan fingerprint density at radius 2 is 1.79 bits per heavy atom. The molecular weight excluding hydrogens is 354 g/mol. The van der Waals surface area contributed by atoms with Gasteiger partial charge in [0.05, 0.1) is 5.92 Å². The quantitative estimate of drug-likeness (QED) is 0.733. The minimum atomic E-state index is 0.175. The molecule has 28 heavy (non-hydrogen) atoms. The Morgan fingerprint density at radius 1 is 1.00 bits per heavy atom. The van der Waals surface area contributed by atoms with Gasteiger partial charge in [0.2, 0.25) is 11.8 Å². The van der Waals surface area contributed by atoms with Crippen LogP contribution in [-0.2, 0) is 14.3 Å². The van der Waals surface area contributed by atoms with Gasteiger partial charge in [-0.25, -0.2) is 0 Å². The van der Waals surface area contributed by atoms with E-state index >= 15 is 0 Å². The molecule has 0 N–H and O–H groups in total. The smallest absolute Gasteiger partial charge is 0.227 e. The first-order chi connectivity index (χ1) is 13.6. The molecule has 6 fully saturated rings. The predicted molar refractivity (Wildman–Crippen MR) is 106 cm³/mol. The second-order valence-corrected chi connectivity index (χ2v) is 10.1. The van der Waals surface area contributed by atoms with E-state index in [0.717, 1.165) is 71.6 Å². The van der Waals surface area contributed by atoms with Crippen molar-refractivity contribution in [1.82, 2.24) is 14.7 Å². The van der Waals surface area contributed by atoms with E-state index < -0.39 is 0 Å². The van der Waals surface area contributed by atoms with Gasteiger partial charge in [-0.2, -0.15) is 0 Å². The number of carbonyl (C=O) groups is 2. The van der Waals surface area contributed by atoms with Crippen LogP contribution in [0.2, 0.25) is 0 Å². The van der Waals surface area contributed by atoms with Crippen LogP contribution in [0.3, 0.4) is 0 Å². The molecule has 6 heteroatoms. The number of likely N-dealkylation sites (tertiary alicyclic amines) is 2. The third-order valence-corrected chi connectivity index (χ3v) is 8.14. The molecule has 2 bridgehead atoms. The topological polar surface area (TPSA) is 53.1 Å². The lowest BCUT2D eigenvalue weighted by Crippen LogP contribution is -2.65. The second-order valence-electron chi connectivity index (χ2n) is 10.1. The Labute approximate surface area is 168 Å². The van der Waals surface area contributed by atoms with Gasteiger partial charge in [0.1, 0.15) is 0 Å². The summed E-state index contributed by atoms with van der Waals surface area (Å²) in [6.07, 6.45) is 7.38. The first kappa shape index (κ1) is 18.9. The number of carbonyl (C=O) groups excluding carboxylic acids is 2. The molecule has 6 saturated heterocycles. The third-order valence-electron chi connectivity index (χ3n) is 8.14. The number of hydrogen-bond acceptors (Lipinski definition) is 4. The Morgan fingerprint density at radius 3 is 2.46 bits per heavy atom. The molecule has 0 aliphatic carbocycles. The monoisotopic (exact) mass is 389 g/mol. The number of fused-ring (bicyclic) bond motifs is 3. The van der Waals surface area contributed by atoms with Gasteiger partial charge in [0.15, 0.2) is 0 Å². The summed E-state index contributed by atoms with van der Waals surface area (Å²) in [4.78, 5) is 32.5. The van der Waals surface area contributed by atoms with E-state index in [1.54, 1.807) is 0 Å². The van der Waals surface area contributed by atoms with Crippen molar-refractivity contribution in [3.8, 4) is 0 Å². The number of amides is 2. The predicted octanol–water partition coefficient (Wildman–Crippen LogP) is 1.60. The highest BCUT2D eigenvalue weighted by Gasteiger charge is 2.49. The van der Waals surface area contributed by atoms with E-state index in [1.165, 1.54) is 25.9 Å². The van der Waals surface area contributed by atoms with Crippen molar-refractivity contribution in [1.29, 1.82) is 0 Å². The largest absolute Gasteiger partial charge is 0.381 e. The van der Waals surface area contributed by atoms with Gasteiger partial charge in [-0.1, -0.05) is 0 Å². The average Bonchev–Trinajstić information content (AvgIpc) is 3.24. The Hall–Kier alpha value is -1.14. The van der Waals surface area contributed by atoms with Gasteiger partial charge in [-0.15, -0.1) is 0 Å². The summed E-state index contributed by atoms with van der Waals surface area (Å²) in [7, 11) is 0. The number of hydrogen-bond donors (Lipinski definition) is 0. The van der Waals surface area contributed by atoms with Crippen LogP contribution < -0.4 is 0 Å². The number of ether oxygens (including phenoxy) is 1. The molecule has 0 aromatic heterocycles. The maximum absolute atomic E-state index is 13.2. The van der Waals surface area contributed by atoms with Crippen molar-refractivity contribution in [2.24, 2.45) is 23.2 Å². The van der Waals surface area contributed by atoms with E-state index in [2.05, 4.69) is 9.80 Å². The van der Waals surface area contributed by atoms with Gasteiger partial charge in [-0.3, -0.25) is 9.59 Å². The van der Waals surface area contributed by atoms with Crippen LogP contribution in [0, 0.1) is 23.2 Å². The van der Waals surface area contributed by atoms with Crippen LogP contribution in [0.4, 0.5) is 0 Å².